The van der Waals surface area contributed by atoms with Crippen LogP contribution in [0.3, 0.4) is 0 Å². The number of guanidine groups is 1. The Labute approximate surface area is 164 Å². The fourth-order valence-corrected chi connectivity index (χ4v) is 3.97. The Balaban J connectivity index is 1.78. The van der Waals surface area contributed by atoms with Crippen LogP contribution >= 0.6 is 0 Å². The molecule has 1 fully saturated rings. The Kier molecular flexibility index (Phi) is 4.14. The Bertz CT molecular complexity index is 950. The summed E-state index contributed by atoms with van der Waals surface area (Å²) in [7, 11) is 1.69. The minimum Gasteiger partial charge on any atom is -0.397 e. The highest BCUT2D eigenvalue weighted by atomic mass is 16.2. The van der Waals surface area contributed by atoms with Crippen molar-refractivity contribution in [3.05, 3.63) is 47.8 Å². The molecule has 3 aliphatic heterocycles. The Morgan fingerprint density at radius 1 is 1.18 bits per heavy atom. The van der Waals surface area contributed by atoms with Crippen LogP contribution in [0.25, 0.3) is 0 Å². The average molecular weight is 380 g/mol. The van der Waals surface area contributed by atoms with Gasteiger partial charge in [0.15, 0.2) is 12.2 Å². The highest BCUT2D eigenvalue weighted by Gasteiger charge is 2.55. The SMILES string of the molecule is C/C=C/CN1C(=O)C2C(N=C3N(c4ccccc4N)C(C)=C(C)N32)N(C)C1=O. The predicted molar refractivity (Wildman–Crippen MR) is 108 cm³/mol. The second-order valence-electron chi connectivity index (χ2n) is 7.13. The first-order valence-electron chi connectivity index (χ1n) is 9.27. The van der Waals surface area contributed by atoms with Crippen LogP contribution in [0, 0.1) is 0 Å². The second kappa shape index (κ2) is 6.40. The number of nitrogen functional groups attached to an aromatic ring is 1. The van der Waals surface area contributed by atoms with Gasteiger partial charge in [-0.3, -0.25) is 19.5 Å². The normalized spacial score (nSPS) is 24.5. The molecule has 0 radical (unpaired) electrons. The van der Waals surface area contributed by atoms with Gasteiger partial charge < -0.3 is 10.6 Å². The van der Waals surface area contributed by atoms with E-state index < -0.39 is 12.2 Å². The first-order valence-corrected chi connectivity index (χ1v) is 9.27. The smallest absolute Gasteiger partial charge is 0.328 e. The number of benzene rings is 1. The van der Waals surface area contributed by atoms with Crippen LogP contribution in [0.4, 0.5) is 16.2 Å². The Morgan fingerprint density at radius 2 is 1.89 bits per heavy atom. The van der Waals surface area contributed by atoms with E-state index in [1.165, 1.54) is 9.80 Å². The molecular weight excluding hydrogens is 356 g/mol. The predicted octanol–water partition coefficient (Wildman–Crippen LogP) is 2.18. The molecular formula is C20H24N6O2. The van der Waals surface area contributed by atoms with Gasteiger partial charge in [-0.15, -0.1) is 0 Å². The Hall–Kier alpha value is -3.29. The minimum atomic E-state index is -0.576. The van der Waals surface area contributed by atoms with Crippen LogP contribution in [-0.4, -0.2) is 58.4 Å². The van der Waals surface area contributed by atoms with Gasteiger partial charge in [-0.25, -0.2) is 9.79 Å². The van der Waals surface area contributed by atoms with Gasteiger partial charge in [0.05, 0.1) is 11.4 Å². The van der Waals surface area contributed by atoms with E-state index in [0.717, 1.165) is 17.1 Å². The monoisotopic (exact) mass is 380 g/mol. The van der Waals surface area contributed by atoms with E-state index in [2.05, 4.69) is 0 Å². The van der Waals surface area contributed by atoms with E-state index in [0.29, 0.717) is 11.6 Å². The number of carbonyl (C=O) groups excluding carboxylic acids is 2. The van der Waals surface area contributed by atoms with E-state index in [1.54, 1.807) is 13.1 Å². The average Bonchev–Trinajstić information content (AvgIpc) is 3.17. The van der Waals surface area contributed by atoms with Crippen molar-refractivity contribution < 1.29 is 9.59 Å². The first kappa shape index (κ1) is 18.1. The summed E-state index contributed by atoms with van der Waals surface area (Å²) in [4.78, 5) is 37.4. The zero-order chi connectivity index (χ0) is 20.2. The van der Waals surface area contributed by atoms with E-state index in [1.807, 2.05) is 60.9 Å². The van der Waals surface area contributed by atoms with Gasteiger partial charge in [0.2, 0.25) is 5.96 Å². The summed E-state index contributed by atoms with van der Waals surface area (Å²) < 4.78 is 0. The number of aliphatic imine (C=N–C) groups is 1. The number of nitrogens with two attached hydrogens (primary N) is 1. The van der Waals surface area contributed by atoms with Gasteiger partial charge in [0, 0.05) is 25.0 Å². The van der Waals surface area contributed by atoms with Crippen LogP contribution in [0.1, 0.15) is 20.8 Å². The van der Waals surface area contributed by atoms with Gasteiger partial charge in [-0.1, -0.05) is 24.3 Å². The topological polar surface area (TPSA) is 85.5 Å². The quantitative estimate of drug-likeness (QED) is 0.642. The minimum absolute atomic E-state index is 0.236. The summed E-state index contributed by atoms with van der Waals surface area (Å²) in [5.41, 5.74) is 9.53. The molecule has 146 valence electrons. The molecule has 0 aliphatic carbocycles. The second-order valence-corrected chi connectivity index (χ2v) is 7.13. The third kappa shape index (κ3) is 2.33. The number of anilines is 2. The molecule has 0 spiro atoms. The third-order valence-electron chi connectivity index (χ3n) is 5.59. The molecule has 2 atom stereocenters. The first-order chi connectivity index (χ1) is 13.4. The maximum absolute atomic E-state index is 13.2. The van der Waals surface area contributed by atoms with Crippen molar-refractivity contribution in [2.45, 2.75) is 33.0 Å². The molecule has 8 nitrogen and oxygen atoms in total. The number of hydrogen-bond acceptors (Lipinski definition) is 6. The molecule has 3 aliphatic rings. The molecule has 8 heteroatoms. The van der Waals surface area contributed by atoms with Crippen LogP contribution in [-0.2, 0) is 4.79 Å². The number of allylic oxidation sites excluding steroid dienone is 3. The lowest BCUT2D eigenvalue weighted by Crippen LogP contribution is -2.64. The number of fused-ring (bicyclic) bond motifs is 3. The van der Waals surface area contributed by atoms with Gasteiger partial charge in [0.25, 0.3) is 5.91 Å². The number of urea groups is 1. The molecule has 0 aromatic heterocycles. The van der Waals surface area contributed by atoms with Crippen LogP contribution < -0.4 is 10.6 Å². The molecule has 0 bridgehead atoms. The van der Waals surface area contributed by atoms with Crippen molar-refractivity contribution in [2.24, 2.45) is 4.99 Å². The molecule has 4 rings (SSSR count). The van der Waals surface area contributed by atoms with Gasteiger partial charge in [-0.2, -0.15) is 0 Å². The molecule has 0 saturated carbocycles. The lowest BCUT2D eigenvalue weighted by Gasteiger charge is -2.40. The third-order valence-corrected chi connectivity index (χ3v) is 5.59. The maximum Gasteiger partial charge on any atom is 0.328 e. The zero-order valence-electron chi connectivity index (χ0n) is 16.5. The molecule has 2 unspecified atom stereocenters. The summed E-state index contributed by atoms with van der Waals surface area (Å²) in [5.74, 6) is 0.392. The number of amides is 3. The molecule has 1 saturated heterocycles. The van der Waals surface area contributed by atoms with Crippen LogP contribution in [0.15, 0.2) is 52.8 Å². The molecule has 28 heavy (non-hydrogen) atoms. The van der Waals surface area contributed by atoms with Crippen molar-refractivity contribution in [3.63, 3.8) is 0 Å². The lowest BCUT2D eigenvalue weighted by molar-refractivity contribution is -0.136. The number of para-hydroxylation sites is 2. The lowest BCUT2D eigenvalue weighted by atomic mass is 10.1. The van der Waals surface area contributed by atoms with Gasteiger partial charge >= 0.3 is 6.03 Å². The molecule has 1 aromatic rings. The number of nitrogens with zero attached hydrogens (tertiary/aromatic N) is 5. The van der Waals surface area contributed by atoms with Crippen LogP contribution in [0.2, 0.25) is 0 Å². The molecule has 1 aromatic carbocycles. The number of imide groups is 1. The van der Waals surface area contributed by atoms with E-state index in [4.69, 9.17) is 10.7 Å². The Morgan fingerprint density at radius 3 is 2.57 bits per heavy atom. The number of rotatable bonds is 3. The number of hydrogen-bond donors (Lipinski definition) is 1. The fourth-order valence-electron chi connectivity index (χ4n) is 3.97. The van der Waals surface area contributed by atoms with Crippen LogP contribution in [0.5, 0.6) is 0 Å². The van der Waals surface area contributed by atoms with E-state index in [-0.39, 0.29) is 18.5 Å². The summed E-state index contributed by atoms with van der Waals surface area (Å²) in [6.07, 6.45) is 3.07. The van der Waals surface area contributed by atoms with E-state index in [9.17, 15) is 9.59 Å². The van der Waals surface area contributed by atoms with Crippen molar-refractivity contribution in [2.75, 3.05) is 24.2 Å². The van der Waals surface area contributed by atoms with E-state index >= 15 is 0 Å². The van der Waals surface area contributed by atoms with Crippen molar-refractivity contribution in [3.8, 4) is 0 Å². The summed E-state index contributed by atoms with van der Waals surface area (Å²) in [6.45, 7) is 6.06. The standard InChI is InChI=1S/C20H24N6O2/c1-5-6-11-24-18(27)16-17(23(4)20(24)28)22-19-25(12(2)13(3)26(16)19)15-10-8-7-9-14(15)21/h5-10,16-17H,11,21H2,1-4H3/b6-5+. The van der Waals surface area contributed by atoms with Gasteiger partial charge in [0.1, 0.15) is 0 Å². The summed E-state index contributed by atoms with van der Waals surface area (Å²) >= 11 is 0. The summed E-state index contributed by atoms with van der Waals surface area (Å²) in [5, 5.41) is 0. The zero-order valence-corrected chi connectivity index (χ0v) is 16.5. The highest BCUT2D eigenvalue weighted by Crippen LogP contribution is 2.41. The van der Waals surface area contributed by atoms with Crippen molar-refractivity contribution in [1.29, 1.82) is 0 Å². The van der Waals surface area contributed by atoms with Crippen molar-refractivity contribution >= 4 is 29.3 Å². The highest BCUT2D eigenvalue weighted by molar-refractivity contribution is 6.11. The summed E-state index contributed by atoms with van der Waals surface area (Å²) in [6, 6.07) is 6.65. The molecule has 3 amide bonds. The number of carbonyl (C=O) groups is 2. The molecule has 2 N–H and O–H groups in total. The molecule has 3 heterocycles. The number of likely N-dealkylation sites (N-methyl/N-ethyl adjacent to an activating group) is 1. The fraction of sp³-hybridized carbons (Fsp3) is 0.350. The van der Waals surface area contributed by atoms with Crippen molar-refractivity contribution in [1.82, 2.24) is 14.7 Å². The largest absolute Gasteiger partial charge is 0.397 e. The maximum atomic E-state index is 13.2. The van der Waals surface area contributed by atoms with Gasteiger partial charge in [-0.05, 0) is 32.9 Å².